The van der Waals surface area contributed by atoms with Crippen LogP contribution in [0.5, 0.6) is 0 Å². The number of hydrogen-bond donors (Lipinski definition) is 0. The lowest BCUT2D eigenvalue weighted by Gasteiger charge is -2.54. The molecule has 4 heteroatoms. The van der Waals surface area contributed by atoms with Gasteiger partial charge in [-0.3, -0.25) is 4.57 Å². The summed E-state index contributed by atoms with van der Waals surface area (Å²) in [6.07, 6.45) is 0.841. The summed E-state index contributed by atoms with van der Waals surface area (Å²) in [5.41, 5.74) is 13.4. The lowest BCUT2D eigenvalue weighted by Crippen LogP contribution is -2.44. The maximum absolute atomic E-state index is 17.0. The minimum absolute atomic E-state index is 0.0324. The average molecular weight is 641 g/mol. The molecule has 242 valence electrons. The fourth-order valence-electron chi connectivity index (χ4n) is 8.00. The van der Waals surface area contributed by atoms with Gasteiger partial charge in [-0.1, -0.05) is 126 Å². The Morgan fingerprint density at radius 1 is 0.574 bits per heavy atom. The Labute approximate surface area is 282 Å². The van der Waals surface area contributed by atoms with Gasteiger partial charge in [0.2, 0.25) is 7.44 Å². The Morgan fingerprint density at radius 3 is 1.28 bits per heavy atom. The molecule has 3 atom stereocenters. The third-order valence-electron chi connectivity index (χ3n) is 10.4. The molecule has 1 fully saturated rings. The summed E-state index contributed by atoms with van der Waals surface area (Å²) in [5, 5.41) is 0. The van der Waals surface area contributed by atoms with Crippen LogP contribution in [0.1, 0.15) is 92.3 Å². The Kier molecular flexibility index (Phi) is 9.72. The highest BCUT2D eigenvalue weighted by atomic mass is 31.2. The van der Waals surface area contributed by atoms with E-state index in [2.05, 4.69) is 173 Å². The molecule has 5 aromatic carbocycles. The van der Waals surface area contributed by atoms with E-state index in [0.29, 0.717) is 13.1 Å². The summed E-state index contributed by atoms with van der Waals surface area (Å²) in [6, 6.07) is 41.2. The zero-order chi connectivity index (χ0) is 33.3. The highest BCUT2D eigenvalue weighted by molar-refractivity contribution is 7.59. The van der Waals surface area contributed by atoms with Gasteiger partial charge < -0.3 is 0 Å². The molecule has 0 amide bonds. The number of aryl methyl sites for hydroxylation is 6. The summed E-state index contributed by atoms with van der Waals surface area (Å²) in [5.74, 6) is 0. The van der Waals surface area contributed by atoms with Crippen LogP contribution in [0.15, 0.2) is 115 Å². The van der Waals surface area contributed by atoms with Gasteiger partial charge in [-0.25, -0.2) is 9.34 Å². The molecule has 0 radical (unpaired) electrons. The predicted octanol–water partition coefficient (Wildman–Crippen LogP) is 11.7. The van der Waals surface area contributed by atoms with Crippen LogP contribution < -0.4 is 0 Å². The van der Waals surface area contributed by atoms with Crippen molar-refractivity contribution in [2.45, 2.75) is 85.7 Å². The van der Waals surface area contributed by atoms with Gasteiger partial charge in [-0.2, -0.15) is 0 Å². The summed E-state index contributed by atoms with van der Waals surface area (Å²) in [6.45, 7) is 16.6. The van der Waals surface area contributed by atoms with Crippen LogP contribution in [0.2, 0.25) is 0 Å². The molecule has 0 aliphatic carbocycles. The second kappa shape index (κ2) is 13.8. The van der Waals surface area contributed by atoms with E-state index >= 15 is 4.57 Å². The van der Waals surface area contributed by atoms with E-state index in [0.717, 1.165) is 12.0 Å². The quantitative estimate of drug-likeness (QED) is 0.158. The summed E-state index contributed by atoms with van der Waals surface area (Å²) >= 11 is 0. The molecule has 1 aliphatic rings. The van der Waals surface area contributed by atoms with Gasteiger partial charge in [0.1, 0.15) is 0 Å². The lowest BCUT2D eigenvalue weighted by atomic mass is 9.92. The van der Waals surface area contributed by atoms with E-state index in [1.54, 1.807) is 0 Å². The van der Waals surface area contributed by atoms with E-state index in [1.165, 1.54) is 55.6 Å². The molecule has 0 aromatic heterocycles. The number of benzene rings is 5. The van der Waals surface area contributed by atoms with Crippen molar-refractivity contribution in [1.29, 1.82) is 0 Å². The molecule has 6 rings (SSSR count). The Bertz CT molecular complexity index is 1730. The van der Waals surface area contributed by atoms with Crippen molar-refractivity contribution in [1.82, 2.24) is 9.34 Å². The first-order valence-corrected chi connectivity index (χ1v) is 18.7. The molecule has 3 nitrogen and oxygen atoms in total. The largest absolute Gasteiger partial charge is 0.288 e. The first-order valence-electron chi connectivity index (χ1n) is 17.0. The standard InChI is InChI=1S/C43H49N2OP/c1-30-23-32(3)40(33(4)24-30)28-44-42(38-19-13-9-14-20-38)27-43(39-21-15-10-16-22-39)45(29-41-34(5)25-31(2)26-35(41)6)47(44,46)36(7)37-17-11-8-12-18-37/h8-26,36,42-43H,27-29H2,1-7H3. The summed E-state index contributed by atoms with van der Waals surface area (Å²) < 4.78 is 21.9. The van der Waals surface area contributed by atoms with Crippen LogP contribution in [-0.2, 0) is 17.7 Å². The van der Waals surface area contributed by atoms with Crippen molar-refractivity contribution < 1.29 is 4.57 Å². The lowest BCUT2D eigenvalue weighted by molar-refractivity contribution is 0.150. The summed E-state index contributed by atoms with van der Waals surface area (Å²) in [7, 11) is -3.36. The monoisotopic (exact) mass is 640 g/mol. The van der Waals surface area contributed by atoms with Crippen molar-refractivity contribution in [2.75, 3.05) is 0 Å². The van der Waals surface area contributed by atoms with Gasteiger partial charge in [0.25, 0.3) is 0 Å². The Balaban J connectivity index is 1.64. The molecule has 1 aliphatic heterocycles. The van der Waals surface area contributed by atoms with Crippen LogP contribution in [-0.4, -0.2) is 9.34 Å². The topological polar surface area (TPSA) is 23.6 Å². The normalized spacial score (nSPS) is 21.1. The molecule has 0 saturated carbocycles. The fraction of sp³-hybridized carbons (Fsp3) is 0.302. The van der Waals surface area contributed by atoms with E-state index < -0.39 is 7.44 Å². The van der Waals surface area contributed by atoms with Crippen molar-refractivity contribution in [3.05, 3.63) is 176 Å². The zero-order valence-corrected chi connectivity index (χ0v) is 30.0. The minimum Gasteiger partial charge on any atom is -0.288 e. The first kappa shape index (κ1) is 33.2. The van der Waals surface area contributed by atoms with Gasteiger partial charge in [-0.15, -0.1) is 0 Å². The highest BCUT2D eigenvalue weighted by Gasteiger charge is 2.53. The summed E-state index contributed by atoms with van der Waals surface area (Å²) in [4.78, 5) is 0. The van der Waals surface area contributed by atoms with E-state index in [9.17, 15) is 0 Å². The fourth-order valence-corrected chi connectivity index (χ4v) is 11.7. The molecule has 5 aromatic rings. The average Bonchev–Trinajstić information content (AvgIpc) is 3.06. The molecule has 0 bridgehead atoms. The van der Waals surface area contributed by atoms with E-state index in [4.69, 9.17) is 0 Å². The van der Waals surface area contributed by atoms with Crippen molar-refractivity contribution >= 4 is 7.44 Å². The van der Waals surface area contributed by atoms with Crippen LogP contribution in [0.25, 0.3) is 0 Å². The Morgan fingerprint density at radius 2 is 0.915 bits per heavy atom. The van der Waals surface area contributed by atoms with Gasteiger partial charge in [0.15, 0.2) is 0 Å². The number of hydrogen-bond acceptors (Lipinski definition) is 1. The van der Waals surface area contributed by atoms with Crippen LogP contribution in [0.4, 0.5) is 0 Å². The van der Waals surface area contributed by atoms with Crippen LogP contribution in [0, 0.1) is 41.5 Å². The minimum atomic E-state index is -3.36. The molecule has 0 N–H and O–H groups in total. The SMILES string of the molecule is Cc1cc(C)c(CN2C(c3ccccc3)CC(c3ccccc3)N(Cc3c(C)cc(C)cc3C)P2(=O)C(C)c2ccccc2)c(C)c1. The van der Waals surface area contributed by atoms with Crippen molar-refractivity contribution in [3.8, 4) is 0 Å². The third-order valence-corrected chi connectivity index (χ3v) is 14.0. The molecule has 1 saturated heterocycles. The van der Waals surface area contributed by atoms with Gasteiger partial charge >= 0.3 is 0 Å². The van der Waals surface area contributed by atoms with Gasteiger partial charge in [-0.05, 0) is 105 Å². The highest BCUT2D eigenvalue weighted by Crippen LogP contribution is 2.73. The van der Waals surface area contributed by atoms with Gasteiger partial charge in [0, 0.05) is 25.2 Å². The maximum Gasteiger partial charge on any atom is 0.225 e. The molecular weight excluding hydrogens is 591 g/mol. The van der Waals surface area contributed by atoms with Crippen molar-refractivity contribution in [3.63, 3.8) is 0 Å². The predicted molar refractivity (Wildman–Crippen MR) is 198 cm³/mol. The molecule has 0 spiro atoms. The van der Waals surface area contributed by atoms with E-state index in [1.807, 2.05) is 0 Å². The smallest absolute Gasteiger partial charge is 0.225 e. The second-order valence-electron chi connectivity index (χ2n) is 13.7. The Hall–Kier alpha value is -3.75. The first-order chi connectivity index (χ1) is 22.6. The molecular formula is C43H49N2OP. The number of rotatable bonds is 8. The molecule has 3 unspecified atom stereocenters. The molecule has 1 heterocycles. The zero-order valence-electron chi connectivity index (χ0n) is 29.1. The van der Waals surface area contributed by atoms with Gasteiger partial charge in [0.05, 0.1) is 5.66 Å². The molecule has 47 heavy (non-hydrogen) atoms. The van der Waals surface area contributed by atoms with E-state index in [-0.39, 0.29) is 17.7 Å². The maximum atomic E-state index is 17.0. The van der Waals surface area contributed by atoms with Crippen LogP contribution >= 0.6 is 7.44 Å². The van der Waals surface area contributed by atoms with Crippen LogP contribution in [0.3, 0.4) is 0 Å². The second-order valence-corrected chi connectivity index (χ2v) is 16.7. The number of nitrogens with zero attached hydrogens (tertiary/aromatic N) is 2. The third kappa shape index (κ3) is 6.55. The van der Waals surface area contributed by atoms with Crippen molar-refractivity contribution in [2.24, 2.45) is 0 Å².